The Bertz CT molecular complexity index is 900. The molecule has 0 atom stereocenters. The van der Waals surface area contributed by atoms with Gasteiger partial charge < -0.3 is 5.32 Å². The molecule has 0 saturated heterocycles. The molecule has 2 heterocycles. The van der Waals surface area contributed by atoms with Crippen LogP contribution in [0.1, 0.15) is 4.88 Å². The van der Waals surface area contributed by atoms with Gasteiger partial charge in [-0.1, -0.05) is 0 Å². The highest BCUT2D eigenvalue weighted by atomic mass is 32.2. The van der Waals surface area contributed by atoms with Crippen molar-refractivity contribution >= 4 is 42.9 Å². The second-order valence-electron chi connectivity index (χ2n) is 4.72. The molecule has 21 heavy (non-hydrogen) atoms. The van der Waals surface area contributed by atoms with E-state index < -0.39 is 9.84 Å². The van der Waals surface area contributed by atoms with Gasteiger partial charge in [-0.2, -0.15) is 0 Å². The summed E-state index contributed by atoms with van der Waals surface area (Å²) in [6.45, 7) is 2.02. The second kappa shape index (κ2) is 5.09. The first-order valence-electron chi connectivity index (χ1n) is 6.22. The number of aryl methyl sites for hydroxylation is 1. The van der Waals surface area contributed by atoms with E-state index >= 15 is 0 Å². The fraction of sp³-hybridized carbons (Fsp3) is 0.143. The number of nitrogens with one attached hydrogen (secondary N) is 1. The third-order valence-corrected chi connectivity index (χ3v) is 5.08. The molecular weight excluding hydrogens is 306 g/mol. The lowest BCUT2D eigenvalue weighted by Crippen LogP contribution is -1.98. The molecule has 0 radical (unpaired) electrons. The van der Waals surface area contributed by atoms with E-state index in [2.05, 4.69) is 15.3 Å². The van der Waals surface area contributed by atoms with E-state index in [0.717, 1.165) is 21.7 Å². The number of benzene rings is 1. The summed E-state index contributed by atoms with van der Waals surface area (Å²) in [5, 5.41) is 4.16. The maximum Gasteiger partial charge on any atom is 0.175 e. The standard InChI is InChI=1S/C14H13N3O2S2/c1-9-7-12-13(15-8-16-14(12)20-9)17-10-3-5-11(6-4-10)21(2,18)19/h3-8H,1-2H3,(H,15,16,17). The number of rotatable bonds is 3. The Kier molecular flexibility index (Phi) is 3.38. The molecule has 3 rings (SSSR count). The maximum absolute atomic E-state index is 11.4. The molecule has 5 nitrogen and oxygen atoms in total. The predicted molar refractivity (Wildman–Crippen MR) is 85.0 cm³/mol. The summed E-state index contributed by atoms with van der Waals surface area (Å²) in [6.07, 6.45) is 2.71. The Morgan fingerprint density at radius 1 is 1.14 bits per heavy atom. The van der Waals surface area contributed by atoms with Crippen LogP contribution in [0.2, 0.25) is 0 Å². The van der Waals surface area contributed by atoms with Gasteiger partial charge in [0.25, 0.3) is 0 Å². The molecule has 0 saturated carbocycles. The molecule has 7 heteroatoms. The lowest BCUT2D eigenvalue weighted by molar-refractivity contribution is 0.602. The van der Waals surface area contributed by atoms with E-state index in [1.54, 1.807) is 35.6 Å². The van der Waals surface area contributed by atoms with Gasteiger partial charge in [0.05, 0.1) is 10.3 Å². The highest BCUT2D eigenvalue weighted by Crippen LogP contribution is 2.29. The average Bonchev–Trinajstić information content (AvgIpc) is 2.80. The number of hydrogen-bond donors (Lipinski definition) is 1. The molecule has 0 aliphatic heterocycles. The van der Waals surface area contributed by atoms with Crippen molar-refractivity contribution in [1.29, 1.82) is 0 Å². The lowest BCUT2D eigenvalue weighted by atomic mass is 10.3. The van der Waals surface area contributed by atoms with Gasteiger partial charge >= 0.3 is 0 Å². The van der Waals surface area contributed by atoms with Gasteiger partial charge in [0.2, 0.25) is 0 Å². The van der Waals surface area contributed by atoms with Gasteiger partial charge in [0.15, 0.2) is 9.84 Å². The predicted octanol–water partition coefficient (Wildman–Crippen LogP) is 3.15. The Hall–Kier alpha value is -1.99. The van der Waals surface area contributed by atoms with Gasteiger partial charge in [-0.05, 0) is 37.3 Å². The van der Waals surface area contributed by atoms with Crippen LogP contribution in [-0.4, -0.2) is 24.6 Å². The van der Waals surface area contributed by atoms with Crippen LogP contribution in [0, 0.1) is 6.92 Å². The number of anilines is 2. The van der Waals surface area contributed by atoms with Gasteiger partial charge in [0.1, 0.15) is 17.0 Å². The van der Waals surface area contributed by atoms with E-state index in [-0.39, 0.29) is 0 Å². The highest BCUT2D eigenvalue weighted by Gasteiger charge is 2.09. The molecule has 1 N–H and O–H groups in total. The summed E-state index contributed by atoms with van der Waals surface area (Å²) < 4.78 is 22.9. The Labute approximate surface area is 126 Å². The van der Waals surface area contributed by atoms with Crippen molar-refractivity contribution < 1.29 is 8.42 Å². The zero-order valence-electron chi connectivity index (χ0n) is 11.5. The normalized spacial score (nSPS) is 11.7. The second-order valence-corrected chi connectivity index (χ2v) is 7.97. The molecule has 0 spiro atoms. The van der Waals surface area contributed by atoms with E-state index in [4.69, 9.17) is 0 Å². The molecule has 0 aliphatic carbocycles. The first-order valence-corrected chi connectivity index (χ1v) is 8.92. The Balaban J connectivity index is 1.95. The van der Waals surface area contributed by atoms with Crippen LogP contribution in [0.25, 0.3) is 10.2 Å². The summed E-state index contributed by atoms with van der Waals surface area (Å²) >= 11 is 1.61. The van der Waals surface area contributed by atoms with E-state index in [0.29, 0.717) is 4.90 Å². The first kappa shape index (κ1) is 14.0. The van der Waals surface area contributed by atoms with Crippen molar-refractivity contribution in [3.8, 4) is 0 Å². The van der Waals surface area contributed by atoms with Crippen LogP contribution in [0.3, 0.4) is 0 Å². The lowest BCUT2D eigenvalue weighted by Gasteiger charge is -2.07. The quantitative estimate of drug-likeness (QED) is 0.803. The molecule has 0 amide bonds. The van der Waals surface area contributed by atoms with Crippen LogP contribution in [0.5, 0.6) is 0 Å². The molecule has 108 valence electrons. The fourth-order valence-electron chi connectivity index (χ4n) is 2.00. The van der Waals surface area contributed by atoms with Crippen molar-refractivity contribution in [2.24, 2.45) is 0 Å². The minimum absolute atomic E-state index is 0.298. The van der Waals surface area contributed by atoms with Crippen molar-refractivity contribution in [2.75, 3.05) is 11.6 Å². The molecular formula is C14H13N3O2S2. The summed E-state index contributed by atoms with van der Waals surface area (Å²) in [4.78, 5) is 10.9. The summed E-state index contributed by atoms with van der Waals surface area (Å²) in [6, 6.07) is 8.64. The SMILES string of the molecule is Cc1cc2c(Nc3ccc(S(C)(=O)=O)cc3)ncnc2s1. The zero-order valence-corrected chi connectivity index (χ0v) is 13.1. The zero-order chi connectivity index (χ0) is 15.0. The largest absolute Gasteiger partial charge is 0.340 e. The van der Waals surface area contributed by atoms with Crippen LogP contribution in [0.4, 0.5) is 11.5 Å². The minimum atomic E-state index is -3.18. The Morgan fingerprint density at radius 2 is 1.86 bits per heavy atom. The topological polar surface area (TPSA) is 72.0 Å². The van der Waals surface area contributed by atoms with E-state index in [1.165, 1.54) is 17.5 Å². The summed E-state index contributed by atoms with van der Waals surface area (Å²) in [5.74, 6) is 0.719. The third kappa shape index (κ3) is 2.88. The first-order chi connectivity index (χ1) is 9.93. The summed E-state index contributed by atoms with van der Waals surface area (Å²) in [7, 11) is -3.18. The monoisotopic (exact) mass is 319 g/mol. The van der Waals surface area contributed by atoms with Gasteiger partial charge in [-0.15, -0.1) is 11.3 Å². The molecule has 0 fully saturated rings. The van der Waals surface area contributed by atoms with Crippen LogP contribution in [0.15, 0.2) is 41.6 Å². The molecule has 0 bridgehead atoms. The van der Waals surface area contributed by atoms with Crippen LogP contribution >= 0.6 is 11.3 Å². The van der Waals surface area contributed by atoms with Crippen molar-refractivity contribution in [2.45, 2.75) is 11.8 Å². The molecule has 0 aliphatic rings. The van der Waals surface area contributed by atoms with E-state index in [9.17, 15) is 8.42 Å². The number of nitrogens with zero attached hydrogens (tertiary/aromatic N) is 2. The smallest absolute Gasteiger partial charge is 0.175 e. The van der Waals surface area contributed by atoms with Gasteiger partial charge in [-0.25, -0.2) is 18.4 Å². The molecule has 1 aromatic carbocycles. The van der Waals surface area contributed by atoms with Crippen LogP contribution < -0.4 is 5.32 Å². The van der Waals surface area contributed by atoms with Crippen molar-refractivity contribution in [3.63, 3.8) is 0 Å². The fourth-order valence-corrected chi connectivity index (χ4v) is 3.48. The average molecular weight is 319 g/mol. The molecule has 2 aromatic heterocycles. The van der Waals surface area contributed by atoms with E-state index in [1.807, 2.05) is 13.0 Å². The Morgan fingerprint density at radius 3 is 2.52 bits per heavy atom. The molecule has 3 aromatic rings. The number of aromatic nitrogens is 2. The number of hydrogen-bond acceptors (Lipinski definition) is 6. The minimum Gasteiger partial charge on any atom is -0.340 e. The summed E-state index contributed by atoms with van der Waals surface area (Å²) in [5.41, 5.74) is 0.784. The number of sulfone groups is 1. The van der Waals surface area contributed by atoms with Gasteiger partial charge in [0, 0.05) is 16.8 Å². The van der Waals surface area contributed by atoms with Crippen molar-refractivity contribution in [1.82, 2.24) is 9.97 Å². The molecule has 0 unspecified atom stereocenters. The highest BCUT2D eigenvalue weighted by molar-refractivity contribution is 7.90. The van der Waals surface area contributed by atoms with Crippen molar-refractivity contribution in [3.05, 3.63) is 41.5 Å². The maximum atomic E-state index is 11.4. The van der Waals surface area contributed by atoms with Crippen LogP contribution in [-0.2, 0) is 9.84 Å². The van der Waals surface area contributed by atoms with Gasteiger partial charge in [-0.3, -0.25) is 0 Å². The number of fused-ring (bicyclic) bond motifs is 1. The number of thiophene rings is 1. The third-order valence-electron chi connectivity index (χ3n) is 3.00.